The van der Waals surface area contributed by atoms with E-state index in [1.807, 2.05) is 38.4 Å². The summed E-state index contributed by atoms with van der Waals surface area (Å²) in [7, 11) is 4.02. The first kappa shape index (κ1) is 19.2. The Morgan fingerprint density at radius 2 is 1.78 bits per heavy atom. The lowest BCUT2D eigenvalue weighted by atomic mass is 10.1. The Kier molecular flexibility index (Phi) is 8.33. The number of nitrogens with zero attached hydrogens (tertiary/aromatic N) is 2. The SMILES string of the molecule is CCc1ccccc1NC(=O)CCN(CCCN(C)C)C(C)=O. The minimum Gasteiger partial charge on any atom is -0.342 e. The fraction of sp³-hybridized carbons (Fsp3) is 0.556. The monoisotopic (exact) mass is 319 g/mol. The van der Waals surface area contributed by atoms with E-state index in [-0.39, 0.29) is 11.8 Å². The third kappa shape index (κ3) is 7.28. The second-order valence-electron chi connectivity index (χ2n) is 5.97. The molecule has 0 atom stereocenters. The number of para-hydroxylation sites is 1. The highest BCUT2D eigenvalue weighted by Gasteiger charge is 2.12. The maximum Gasteiger partial charge on any atom is 0.226 e. The Balaban J connectivity index is 2.47. The smallest absolute Gasteiger partial charge is 0.226 e. The summed E-state index contributed by atoms with van der Waals surface area (Å²) in [6.07, 6.45) is 2.10. The van der Waals surface area contributed by atoms with E-state index in [0.717, 1.165) is 30.6 Å². The van der Waals surface area contributed by atoms with Gasteiger partial charge in [-0.25, -0.2) is 0 Å². The van der Waals surface area contributed by atoms with Crippen LogP contribution >= 0.6 is 0 Å². The zero-order chi connectivity index (χ0) is 17.2. The van der Waals surface area contributed by atoms with Crippen LogP contribution in [-0.2, 0) is 16.0 Å². The lowest BCUT2D eigenvalue weighted by molar-refractivity contribution is -0.129. The third-order valence-corrected chi connectivity index (χ3v) is 3.76. The molecule has 23 heavy (non-hydrogen) atoms. The van der Waals surface area contributed by atoms with Gasteiger partial charge in [0, 0.05) is 32.1 Å². The molecule has 0 fully saturated rings. The van der Waals surface area contributed by atoms with Crippen molar-refractivity contribution in [1.82, 2.24) is 9.80 Å². The molecule has 0 spiro atoms. The topological polar surface area (TPSA) is 52.7 Å². The summed E-state index contributed by atoms with van der Waals surface area (Å²) < 4.78 is 0. The van der Waals surface area contributed by atoms with Crippen LogP contribution in [0.15, 0.2) is 24.3 Å². The first-order valence-corrected chi connectivity index (χ1v) is 8.22. The van der Waals surface area contributed by atoms with Crippen molar-refractivity contribution in [1.29, 1.82) is 0 Å². The van der Waals surface area contributed by atoms with Crippen molar-refractivity contribution < 1.29 is 9.59 Å². The Labute approximate surface area is 139 Å². The maximum atomic E-state index is 12.1. The number of carbonyl (C=O) groups excluding carboxylic acids is 2. The van der Waals surface area contributed by atoms with Gasteiger partial charge in [0.15, 0.2) is 0 Å². The Morgan fingerprint density at radius 3 is 2.39 bits per heavy atom. The van der Waals surface area contributed by atoms with Gasteiger partial charge in [0.25, 0.3) is 0 Å². The van der Waals surface area contributed by atoms with E-state index >= 15 is 0 Å². The molecule has 5 nitrogen and oxygen atoms in total. The highest BCUT2D eigenvalue weighted by Crippen LogP contribution is 2.15. The normalized spacial score (nSPS) is 10.7. The van der Waals surface area contributed by atoms with Gasteiger partial charge in [-0.15, -0.1) is 0 Å². The molecule has 0 aliphatic rings. The molecular formula is C18H29N3O2. The highest BCUT2D eigenvalue weighted by molar-refractivity contribution is 5.91. The van der Waals surface area contributed by atoms with Gasteiger partial charge >= 0.3 is 0 Å². The van der Waals surface area contributed by atoms with E-state index < -0.39 is 0 Å². The number of rotatable bonds is 9. The molecule has 0 aliphatic heterocycles. The summed E-state index contributed by atoms with van der Waals surface area (Å²) in [6.45, 7) is 5.70. The highest BCUT2D eigenvalue weighted by atomic mass is 16.2. The molecule has 1 N–H and O–H groups in total. The molecule has 5 heteroatoms. The number of amides is 2. The van der Waals surface area contributed by atoms with Gasteiger partial charge in [-0.05, 0) is 45.1 Å². The molecule has 0 saturated carbocycles. The first-order valence-electron chi connectivity index (χ1n) is 8.22. The third-order valence-electron chi connectivity index (χ3n) is 3.76. The molecule has 0 aromatic heterocycles. The lowest BCUT2D eigenvalue weighted by Gasteiger charge is -2.22. The molecule has 2 amide bonds. The van der Waals surface area contributed by atoms with Gasteiger partial charge in [0.2, 0.25) is 11.8 Å². The second kappa shape index (κ2) is 10.0. The molecular weight excluding hydrogens is 290 g/mol. The van der Waals surface area contributed by atoms with Gasteiger partial charge in [-0.2, -0.15) is 0 Å². The molecule has 0 unspecified atom stereocenters. The Bertz CT molecular complexity index is 515. The van der Waals surface area contributed by atoms with E-state index in [1.54, 1.807) is 11.8 Å². The van der Waals surface area contributed by atoms with Gasteiger partial charge in [0.1, 0.15) is 0 Å². The molecule has 1 aromatic rings. The number of aryl methyl sites for hydroxylation is 1. The van der Waals surface area contributed by atoms with Crippen molar-refractivity contribution in [3.63, 3.8) is 0 Å². The van der Waals surface area contributed by atoms with Gasteiger partial charge in [-0.3, -0.25) is 9.59 Å². The van der Waals surface area contributed by atoms with Crippen molar-refractivity contribution in [3.8, 4) is 0 Å². The van der Waals surface area contributed by atoms with Crippen molar-refractivity contribution in [2.75, 3.05) is 39.0 Å². The maximum absolute atomic E-state index is 12.1. The second-order valence-corrected chi connectivity index (χ2v) is 5.97. The van der Waals surface area contributed by atoms with E-state index in [1.165, 1.54) is 0 Å². The summed E-state index contributed by atoms with van der Waals surface area (Å²) in [6, 6.07) is 7.81. The molecule has 1 rings (SSSR count). The largest absolute Gasteiger partial charge is 0.342 e. The minimum atomic E-state index is -0.0511. The van der Waals surface area contributed by atoms with E-state index in [4.69, 9.17) is 0 Å². The standard InChI is InChI=1S/C18H29N3O2/c1-5-16-9-6-7-10-17(16)19-18(23)11-14-21(15(2)22)13-8-12-20(3)4/h6-7,9-10H,5,8,11-14H2,1-4H3,(H,19,23). The Hall–Kier alpha value is -1.88. The van der Waals surface area contributed by atoms with Crippen LogP contribution < -0.4 is 5.32 Å². The number of carbonyl (C=O) groups is 2. The summed E-state index contributed by atoms with van der Waals surface area (Å²) in [5, 5.41) is 2.94. The summed E-state index contributed by atoms with van der Waals surface area (Å²) >= 11 is 0. The van der Waals surface area contributed by atoms with Crippen molar-refractivity contribution in [3.05, 3.63) is 29.8 Å². The van der Waals surface area contributed by atoms with Crippen molar-refractivity contribution in [2.45, 2.75) is 33.1 Å². The average Bonchev–Trinajstić information content (AvgIpc) is 2.50. The predicted molar refractivity (Wildman–Crippen MR) is 94.5 cm³/mol. The van der Waals surface area contributed by atoms with Crippen molar-refractivity contribution in [2.24, 2.45) is 0 Å². The van der Waals surface area contributed by atoms with E-state index in [9.17, 15) is 9.59 Å². The number of benzene rings is 1. The molecule has 0 aliphatic carbocycles. The number of hydrogen-bond acceptors (Lipinski definition) is 3. The Morgan fingerprint density at radius 1 is 1.09 bits per heavy atom. The lowest BCUT2D eigenvalue weighted by Crippen LogP contribution is -2.34. The average molecular weight is 319 g/mol. The number of anilines is 1. The van der Waals surface area contributed by atoms with Gasteiger partial charge in [-0.1, -0.05) is 25.1 Å². The quantitative estimate of drug-likeness (QED) is 0.760. The van der Waals surface area contributed by atoms with Crippen LogP contribution in [0.4, 0.5) is 5.69 Å². The van der Waals surface area contributed by atoms with Crippen molar-refractivity contribution >= 4 is 17.5 Å². The molecule has 0 saturated heterocycles. The van der Waals surface area contributed by atoms with Crippen LogP contribution in [0.2, 0.25) is 0 Å². The van der Waals surface area contributed by atoms with E-state index in [2.05, 4.69) is 17.1 Å². The molecule has 0 bridgehead atoms. The summed E-state index contributed by atoms with van der Waals surface area (Å²) in [5.41, 5.74) is 1.98. The van der Waals surface area contributed by atoms with Crippen LogP contribution in [0.3, 0.4) is 0 Å². The number of hydrogen-bond donors (Lipinski definition) is 1. The molecule has 0 radical (unpaired) electrons. The molecule has 1 aromatic carbocycles. The van der Waals surface area contributed by atoms with E-state index in [0.29, 0.717) is 19.5 Å². The zero-order valence-corrected chi connectivity index (χ0v) is 14.8. The van der Waals surface area contributed by atoms with Crippen LogP contribution in [0, 0.1) is 0 Å². The fourth-order valence-electron chi connectivity index (χ4n) is 2.40. The van der Waals surface area contributed by atoms with Crippen LogP contribution in [-0.4, -0.2) is 55.3 Å². The predicted octanol–water partition coefficient (Wildman–Crippen LogP) is 2.38. The number of nitrogens with one attached hydrogen (secondary N) is 1. The first-order chi connectivity index (χ1) is 10.9. The van der Waals surface area contributed by atoms with Crippen LogP contribution in [0.1, 0.15) is 32.3 Å². The van der Waals surface area contributed by atoms with Gasteiger partial charge in [0.05, 0.1) is 0 Å². The molecule has 128 valence electrons. The summed E-state index contributed by atoms with van der Waals surface area (Å²) in [4.78, 5) is 27.6. The van der Waals surface area contributed by atoms with Crippen LogP contribution in [0.25, 0.3) is 0 Å². The molecule has 0 heterocycles. The summed E-state index contributed by atoms with van der Waals surface area (Å²) in [5.74, 6) is -0.0322. The fourth-order valence-corrected chi connectivity index (χ4v) is 2.40. The zero-order valence-electron chi connectivity index (χ0n) is 14.8. The minimum absolute atomic E-state index is 0.0190. The van der Waals surface area contributed by atoms with Gasteiger partial charge < -0.3 is 15.1 Å². The van der Waals surface area contributed by atoms with Crippen LogP contribution in [0.5, 0.6) is 0 Å².